The topological polar surface area (TPSA) is 121 Å². The Morgan fingerprint density at radius 1 is 1.04 bits per heavy atom. The van der Waals surface area contributed by atoms with Crippen LogP contribution in [0.4, 0.5) is 0 Å². The summed E-state index contributed by atoms with van der Waals surface area (Å²) >= 11 is 0. The van der Waals surface area contributed by atoms with Crippen molar-refractivity contribution in [2.45, 2.75) is 43.9 Å². The predicted octanol–water partition coefficient (Wildman–Crippen LogP) is 2.10. The van der Waals surface area contributed by atoms with Crippen molar-refractivity contribution in [2.75, 3.05) is 20.6 Å². The molecule has 0 aliphatic heterocycles. The lowest BCUT2D eigenvalue weighted by atomic mass is 9.62. The summed E-state index contributed by atoms with van der Waals surface area (Å²) in [5, 5.41) is 14.8. The van der Waals surface area contributed by atoms with Gasteiger partial charge < -0.3 is 20.8 Å². The number of primary amides is 1. The van der Waals surface area contributed by atoms with E-state index >= 15 is 0 Å². The van der Waals surface area contributed by atoms with Crippen LogP contribution in [0.2, 0.25) is 0 Å². The van der Waals surface area contributed by atoms with Crippen molar-refractivity contribution >= 4 is 17.8 Å². The van der Waals surface area contributed by atoms with Crippen molar-refractivity contribution in [3.8, 4) is 0 Å². The molecule has 1 saturated carbocycles. The van der Waals surface area contributed by atoms with Gasteiger partial charge in [-0.25, -0.2) is 9.59 Å². The van der Waals surface area contributed by atoms with Gasteiger partial charge in [0, 0.05) is 0 Å². The minimum atomic E-state index is -1.82. The number of nitrogens with zero attached hydrogens (tertiary/aromatic N) is 1. The summed E-state index contributed by atoms with van der Waals surface area (Å²) in [4.78, 5) is 32.9. The van der Waals surface area contributed by atoms with E-state index in [1.807, 2.05) is 18.2 Å². The van der Waals surface area contributed by atoms with Gasteiger partial charge in [0.05, 0.1) is 5.41 Å². The number of carboxylic acid groups (broad SMARTS) is 2. The number of carboxylic acids is 2. The van der Waals surface area contributed by atoms with Crippen LogP contribution in [0.5, 0.6) is 0 Å². The Bertz CT molecular complexity index is 615. The summed E-state index contributed by atoms with van der Waals surface area (Å²) in [5.41, 5.74) is 6.56. The Morgan fingerprint density at radius 2 is 1.56 bits per heavy atom. The van der Waals surface area contributed by atoms with Crippen LogP contribution in [0.3, 0.4) is 0 Å². The summed E-state index contributed by atoms with van der Waals surface area (Å²) in [6, 6.07) is 10.2. The first-order chi connectivity index (χ1) is 12.7. The number of benzene rings is 1. The molecule has 0 aromatic heterocycles. The van der Waals surface area contributed by atoms with Crippen molar-refractivity contribution in [3.05, 3.63) is 35.9 Å². The van der Waals surface area contributed by atoms with Gasteiger partial charge in [-0.2, -0.15) is 0 Å². The Kier molecular flexibility index (Phi) is 8.94. The van der Waals surface area contributed by atoms with E-state index in [2.05, 4.69) is 31.1 Å². The average Bonchev–Trinajstić information content (AvgIpc) is 2.64. The van der Waals surface area contributed by atoms with Crippen molar-refractivity contribution in [2.24, 2.45) is 11.7 Å². The zero-order valence-electron chi connectivity index (χ0n) is 16.1. The molecule has 1 unspecified atom stereocenters. The molecule has 1 aliphatic rings. The van der Waals surface area contributed by atoms with Crippen molar-refractivity contribution in [1.82, 2.24) is 4.90 Å². The zero-order valence-corrected chi connectivity index (χ0v) is 16.1. The quantitative estimate of drug-likeness (QED) is 0.652. The third-order valence-corrected chi connectivity index (χ3v) is 5.17. The molecule has 2 rings (SSSR count). The molecule has 0 spiro atoms. The fraction of sp³-hybridized carbons (Fsp3) is 0.550. The highest BCUT2D eigenvalue weighted by atomic mass is 16.4. The van der Waals surface area contributed by atoms with Crippen LogP contribution < -0.4 is 5.73 Å². The van der Waals surface area contributed by atoms with Crippen LogP contribution in [-0.4, -0.2) is 53.6 Å². The second-order valence-electron chi connectivity index (χ2n) is 7.20. The summed E-state index contributed by atoms with van der Waals surface area (Å²) in [6.45, 7) is 0.883. The van der Waals surface area contributed by atoms with Crippen LogP contribution >= 0.6 is 0 Å². The number of amides is 1. The molecular weight excluding hydrogens is 348 g/mol. The summed E-state index contributed by atoms with van der Waals surface area (Å²) < 4.78 is 0. The number of rotatable bonds is 6. The van der Waals surface area contributed by atoms with Crippen LogP contribution in [-0.2, 0) is 19.8 Å². The van der Waals surface area contributed by atoms with E-state index in [9.17, 15) is 4.79 Å². The smallest absolute Gasteiger partial charge is 0.414 e. The molecule has 0 bridgehead atoms. The molecular formula is C20H30N2O5. The fourth-order valence-corrected chi connectivity index (χ4v) is 3.78. The molecule has 7 heteroatoms. The number of nitrogens with two attached hydrogens (primary N) is 1. The lowest BCUT2D eigenvalue weighted by Gasteiger charge is -2.41. The van der Waals surface area contributed by atoms with E-state index in [1.54, 1.807) is 0 Å². The Labute approximate surface area is 160 Å². The van der Waals surface area contributed by atoms with Gasteiger partial charge in [0.2, 0.25) is 5.91 Å². The minimum absolute atomic E-state index is 0.151. The molecule has 1 aromatic rings. The third-order valence-electron chi connectivity index (χ3n) is 5.17. The van der Waals surface area contributed by atoms with Crippen molar-refractivity contribution in [3.63, 3.8) is 0 Å². The van der Waals surface area contributed by atoms with Gasteiger partial charge in [-0.05, 0) is 51.4 Å². The first-order valence-electron chi connectivity index (χ1n) is 9.18. The number of aliphatic carboxylic acids is 2. The highest BCUT2D eigenvalue weighted by molar-refractivity contribution is 6.27. The predicted molar refractivity (Wildman–Crippen MR) is 102 cm³/mol. The maximum Gasteiger partial charge on any atom is 0.414 e. The van der Waals surface area contributed by atoms with Crippen LogP contribution in [0, 0.1) is 5.92 Å². The molecule has 1 aromatic carbocycles. The van der Waals surface area contributed by atoms with E-state index < -0.39 is 17.4 Å². The van der Waals surface area contributed by atoms with Crippen molar-refractivity contribution < 1.29 is 24.6 Å². The molecule has 1 fully saturated rings. The van der Waals surface area contributed by atoms with Gasteiger partial charge >= 0.3 is 11.9 Å². The Hall–Kier alpha value is -2.41. The summed E-state index contributed by atoms with van der Waals surface area (Å²) in [5.74, 6) is -3.42. The Balaban J connectivity index is 0.000000527. The van der Waals surface area contributed by atoms with Gasteiger partial charge in [0.1, 0.15) is 0 Å². The first kappa shape index (κ1) is 22.6. The van der Waals surface area contributed by atoms with Crippen molar-refractivity contribution in [1.29, 1.82) is 0 Å². The lowest BCUT2D eigenvalue weighted by molar-refractivity contribution is -0.159. The second-order valence-corrected chi connectivity index (χ2v) is 7.20. The molecule has 150 valence electrons. The molecule has 1 amide bonds. The largest absolute Gasteiger partial charge is 0.473 e. The number of hydrogen-bond acceptors (Lipinski definition) is 4. The normalized spacial score (nSPS) is 16.7. The highest BCUT2D eigenvalue weighted by Gasteiger charge is 2.45. The molecule has 1 atom stereocenters. The van der Waals surface area contributed by atoms with Crippen LogP contribution in [0.15, 0.2) is 30.3 Å². The van der Waals surface area contributed by atoms with Gasteiger partial charge in [-0.3, -0.25) is 4.79 Å². The SMILES string of the molecule is CN(C)CCC(C(N)=O)(c1ccccc1)C1CCCCC1.O=C(O)C(=O)O. The molecule has 1 aliphatic carbocycles. The summed E-state index contributed by atoms with van der Waals surface area (Å²) in [7, 11) is 4.11. The van der Waals surface area contributed by atoms with Gasteiger partial charge in [-0.1, -0.05) is 49.6 Å². The van der Waals surface area contributed by atoms with E-state index in [-0.39, 0.29) is 5.91 Å². The van der Waals surface area contributed by atoms with E-state index in [0.29, 0.717) is 5.92 Å². The lowest BCUT2D eigenvalue weighted by Crippen LogP contribution is -2.49. The molecule has 0 radical (unpaired) electrons. The van der Waals surface area contributed by atoms with Crippen LogP contribution in [0.1, 0.15) is 44.1 Å². The minimum Gasteiger partial charge on any atom is -0.473 e. The number of carbonyl (C=O) groups excluding carboxylic acids is 1. The zero-order chi connectivity index (χ0) is 20.4. The maximum absolute atomic E-state index is 12.5. The Morgan fingerprint density at radius 3 is 1.96 bits per heavy atom. The molecule has 4 N–H and O–H groups in total. The van der Waals surface area contributed by atoms with E-state index in [1.165, 1.54) is 19.3 Å². The van der Waals surface area contributed by atoms with Crippen LogP contribution in [0.25, 0.3) is 0 Å². The third kappa shape index (κ3) is 6.36. The van der Waals surface area contributed by atoms with Gasteiger partial charge in [0.25, 0.3) is 0 Å². The van der Waals surface area contributed by atoms with E-state index in [0.717, 1.165) is 31.4 Å². The highest BCUT2D eigenvalue weighted by Crippen LogP contribution is 2.43. The average molecular weight is 378 g/mol. The van der Waals surface area contributed by atoms with E-state index in [4.69, 9.17) is 25.5 Å². The molecule has 0 heterocycles. The standard InChI is InChI=1S/C18H28N2O.C2H2O4/c1-20(2)14-13-18(17(19)21,15-9-5-3-6-10-15)16-11-7-4-8-12-16;3-1(4)2(5)6/h3,5-6,9-10,16H,4,7-8,11-14H2,1-2H3,(H2,19,21);(H,3,4)(H,5,6). The maximum atomic E-state index is 12.5. The molecule has 27 heavy (non-hydrogen) atoms. The molecule has 0 saturated heterocycles. The van der Waals surface area contributed by atoms with Gasteiger partial charge in [-0.15, -0.1) is 0 Å². The number of carbonyl (C=O) groups is 3. The number of hydrogen-bond donors (Lipinski definition) is 3. The fourth-order valence-electron chi connectivity index (χ4n) is 3.78. The second kappa shape index (κ2) is 10.7. The summed E-state index contributed by atoms with van der Waals surface area (Å²) in [6.07, 6.45) is 6.76. The molecule has 7 nitrogen and oxygen atoms in total. The van der Waals surface area contributed by atoms with Gasteiger partial charge in [0.15, 0.2) is 0 Å². The first-order valence-corrected chi connectivity index (χ1v) is 9.18. The monoisotopic (exact) mass is 378 g/mol.